The second-order valence-electron chi connectivity index (χ2n) is 9.35. The molecule has 1 saturated heterocycles. The van der Waals surface area contributed by atoms with E-state index in [1.54, 1.807) is 0 Å². The van der Waals surface area contributed by atoms with Crippen LogP contribution in [0.1, 0.15) is 68.6 Å². The molecule has 3 heteroatoms. The lowest BCUT2D eigenvalue weighted by Gasteiger charge is -2.26. The van der Waals surface area contributed by atoms with Gasteiger partial charge in [0.2, 0.25) is 0 Å². The normalized spacial score (nSPS) is 16.9. The zero-order valence-corrected chi connectivity index (χ0v) is 17.3. The molecule has 27 heavy (non-hydrogen) atoms. The Kier molecular flexibility index (Phi) is 5.18. The van der Waals surface area contributed by atoms with Crippen LogP contribution >= 0.6 is 0 Å². The van der Waals surface area contributed by atoms with Crippen LogP contribution in [0.25, 0.3) is 0 Å². The Hall–Kier alpha value is -2.13. The third kappa shape index (κ3) is 4.59. The van der Waals surface area contributed by atoms with Gasteiger partial charge in [0.1, 0.15) is 18.5 Å². The number of hydrogen-bond acceptors (Lipinski definition) is 3. The molecular formula is C24H30O3. The maximum absolute atomic E-state index is 13.6. The van der Waals surface area contributed by atoms with E-state index >= 15 is 0 Å². The van der Waals surface area contributed by atoms with Crippen LogP contribution in [-0.4, -0.2) is 25.1 Å². The molecule has 2 aromatic rings. The van der Waals surface area contributed by atoms with E-state index in [0.29, 0.717) is 12.2 Å². The summed E-state index contributed by atoms with van der Waals surface area (Å²) in [6.07, 6.45) is 0.188. The van der Waals surface area contributed by atoms with Gasteiger partial charge >= 0.3 is 0 Å². The van der Waals surface area contributed by atoms with Crippen molar-refractivity contribution in [3.05, 3.63) is 64.7 Å². The topological polar surface area (TPSA) is 38.8 Å². The van der Waals surface area contributed by atoms with E-state index in [2.05, 4.69) is 47.6 Å². The van der Waals surface area contributed by atoms with Crippen molar-refractivity contribution in [1.29, 1.82) is 0 Å². The van der Waals surface area contributed by atoms with Crippen LogP contribution in [0.3, 0.4) is 0 Å². The number of carbonyl (C=O) groups excluding carboxylic acids is 1. The van der Waals surface area contributed by atoms with Crippen molar-refractivity contribution < 1.29 is 14.3 Å². The van der Waals surface area contributed by atoms with Crippen molar-refractivity contribution >= 4 is 5.78 Å². The Morgan fingerprint density at radius 1 is 0.963 bits per heavy atom. The van der Waals surface area contributed by atoms with Crippen LogP contribution in [0.2, 0.25) is 0 Å². The van der Waals surface area contributed by atoms with Gasteiger partial charge in [0.25, 0.3) is 0 Å². The lowest BCUT2D eigenvalue weighted by atomic mass is 9.78. The molecule has 1 fully saturated rings. The van der Waals surface area contributed by atoms with Gasteiger partial charge in [0.15, 0.2) is 5.78 Å². The number of benzene rings is 2. The lowest BCUT2D eigenvalue weighted by Crippen LogP contribution is -2.21. The third-order valence-corrected chi connectivity index (χ3v) is 4.86. The van der Waals surface area contributed by atoms with E-state index < -0.39 is 0 Å². The summed E-state index contributed by atoms with van der Waals surface area (Å²) in [4.78, 5) is 13.6. The highest BCUT2D eigenvalue weighted by Crippen LogP contribution is 2.33. The molecule has 0 N–H and O–H groups in total. The zero-order chi connectivity index (χ0) is 19.8. The van der Waals surface area contributed by atoms with E-state index in [1.807, 2.05) is 36.4 Å². The van der Waals surface area contributed by atoms with Gasteiger partial charge in [0, 0.05) is 11.1 Å². The first-order chi connectivity index (χ1) is 12.6. The fraction of sp³-hybridized carbons (Fsp3) is 0.458. The molecule has 2 aromatic carbocycles. The highest BCUT2D eigenvalue weighted by Gasteiger charge is 2.28. The molecule has 0 aliphatic carbocycles. The van der Waals surface area contributed by atoms with E-state index in [4.69, 9.17) is 9.47 Å². The molecule has 1 unspecified atom stereocenters. The van der Waals surface area contributed by atoms with Gasteiger partial charge in [-0.2, -0.15) is 0 Å². The van der Waals surface area contributed by atoms with Crippen LogP contribution in [0.15, 0.2) is 42.5 Å². The average Bonchev–Trinajstić information content (AvgIpc) is 3.42. The summed E-state index contributed by atoms with van der Waals surface area (Å²) in [6.45, 7) is 14.1. The molecule has 1 aliphatic rings. The number of epoxide rings is 1. The summed E-state index contributed by atoms with van der Waals surface area (Å²) in [7, 11) is 0. The average molecular weight is 367 g/mol. The summed E-state index contributed by atoms with van der Waals surface area (Å²) >= 11 is 0. The number of ether oxygens (including phenoxy) is 2. The van der Waals surface area contributed by atoms with Crippen LogP contribution in [0.5, 0.6) is 5.75 Å². The van der Waals surface area contributed by atoms with Gasteiger partial charge in [-0.3, -0.25) is 4.79 Å². The number of ketones is 1. The second kappa shape index (κ2) is 7.12. The quantitative estimate of drug-likeness (QED) is 0.533. The van der Waals surface area contributed by atoms with Gasteiger partial charge in [-0.25, -0.2) is 0 Å². The predicted molar refractivity (Wildman–Crippen MR) is 109 cm³/mol. The smallest absolute Gasteiger partial charge is 0.193 e. The maximum atomic E-state index is 13.6. The summed E-state index contributed by atoms with van der Waals surface area (Å²) in [5.41, 5.74) is 3.33. The molecule has 0 bridgehead atoms. The maximum Gasteiger partial charge on any atom is 0.193 e. The largest absolute Gasteiger partial charge is 0.491 e. The van der Waals surface area contributed by atoms with E-state index in [1.165, 1.54) is 0 Å². The standard InChI is InChI=1S/C24H30O3/c1-23(2,3)20-10-8-7-9-18(20)22(25)19-13-16(26-14-17-15-27-17)11-12-21(19)24(4,5)6/h7-13,17H,14-15H2,1-6H3. The lowest BCUT2D eigenvalue weighted by molar-refractivity contribution is 0.103. The van der Waals surface area contributed by atoms with Gasteiger partial charge in [0.05, 0.1) is 6.61 Å². The summed E-state index contributed by atoms with van der Waals surface area (Å²) in [5, 5.41) is 0. The van der Waals surface area contributed by atoms with Gasteiger partial charge in [-0.15, -0.1) is 0 Å². The van der Waals surface area contributed by atoms with Crippen molar-refractivity contribution in [1.82, 2.24) is 0 Å². The zero-order valence-electron chi connectivity index (χ0n) is 17.3. The van der Waals surface area contributed by atoms with Crippen LogP contribution in [0, 0.1) is 0 Å². The highest BCUT2D eigenvalue weighted by molar-refractivity contribution is 6.11. The molecule has 0 saturated carbocycles. The van der Waals surface area contributed by atoms with Gasteiger partial charge in [-0.05, 0) is 34.1 Å². The van der Waals surface area contributed by atoms with Crippen molar-refractivity contribution in [3.63, 3.8) is 0 Å². The van der Waals surface area contributed by atoms with Crippen molar-refractivity contribution in [2.45, 2.75) is 58.5 Å². The molecule has 144 valence electrons. The minimum atomic E-state index is -0.139. The monoisotopic (exact) mass is 366 g/mol. The first-order valence-corrected chi connectivity index (χ1v) is 9.60. The minimum Gasteiger partial charge on any atom is -0.491 e. The van der Waals surface area contributed by atoms with E-state index in [9.17, 15) is 4.79 Å². The van der Waals surface area contributed by atoms with Crippen LogP contribution in [-0.2, 0) is 15.6 Å². The minimum absolute atomic E-state index is 0.0542. The molecule has 0 amide bonds. The van der Waals surface area contributed by atoms with Crippen molar-refractivity contribution in [3.8, 4) is 5.75 Å². The highest BCUT2D eigenvalue weighted by atomic mass is 16.6. The van der Waals surface area contributed by atoms with Crippen LogP contribution < -0.4 is 4.74 Å². The summed E-state index contributed by atoms with van der Waals surface area (Å²) in [6, 6.07) is 13.8. The molecule has 1 aliphatic heterocycles. The SMILES string of the molecule is CC(C)(C)c1ccccc1C(=O)c1cc(OCC2CO2)ccc1C(C)(C)C. The number of rotatable bonds is 5. The Morgan fingerprint density at radius 3 is 2.15 bits per heavy atom. The molecule has 0 spiro atoms. The third-order valence-electron chi connectivity index (χ3n) is 4.86. The Bertz CT molecular complexity index is 833. The molecule has 1 heterocycles. The van der Waals surface area contributed by atoms with Gasteiger partial charge in [-0.1, -0.05) is 71.9 Å². The first-order valence-electron chi connectivity index (χ1n) is 9.60. The molecule has 0 radical (unpaired) electrons. The number of hydrogen-bond donors (Lipinski definition) is 0. The summed E-state index contributed by atoms with van der Waals surface area (Å²) < 4.78 is 11.1. The van der Waals surface area contributed by atoms with E-state index in [0.717, 1.165) is 29.0 Å². The fourth-order valence-electron chi connectivity index (χ4n) is 3.29. The molecule has 3 nitrogen and oxygen atoms in total. The first kappa shape index (κ1) is 19.6. The Morgan fingerprint density at radius 2 is 1.56 bits per heavy atom. The Balaban J connectivity index is 2.05. The second-order valence-corrected chi connectivity index (χ2v) is 9.35. The fourth-order valence-corrected chi connectivity index (χ4v) is 3.29. The summed E-state index contributed by atoms with van der Waals surface area (Å²) in [5.74, 6) is 0.772. The van der Waals surface area contributed by atoms with Crippen molar-refractivity contribution in [2.75, 3.05) is 13.2 Å². The molecule has 3 rings (SSSR count). The van der Waals surface area contributed by atoms with E-state index in [-0.39, 0.29) is 22.7 Å². The number of carbonyl (C=O) groups is 1. The predicted octanol–water partition coefficient (Wildman–Crippen LogP) is 5.29. The molecular weight excluding hydrogens is 336 g/mol. The van der Waals surface area contributed by atoms with Crippen LogP contribution in [0.4, 0.5) is 0 Å². The van der Waals surface area contributed by atoms with Crippen molar-refractivity contribution in [2.24, 2.45) is 0 Å². The Labute approximate surface area is 162 Å². The van der Waals surface area contributed by atoms with Gasteiger partial charge < -0.3 is 9.47 Å². The molecule has 1 atom stereocenters. The molecule has 0 aromatic heterocycles.